The highest BCUT2D eigenvalue weighted by Crippen LogP contribution is 2.30. The molecular formula is C20H26N2O6. The molecule has 2 aliphatic heterocycles. The van der Waals surface area contributed by atoms with Crippen molar-refractivity contribution in [2.75, 3.05) is 33.0 Å². The van der Waals surface area contributed by atoms with E-state index in [4.69, 9.17) is 14.6 Å². The molecule has 3 rings (SSSR count). The van der Waals surface area contributed by atoms with Crippen molar-refractivity contribution in [2.24, 2.45) is 0 Å². The molecule has 8 nitrogen and oxygen atoms in total. The molecule has 28 heavy (non-hydrogen) atoms. The summed E-state index contributed by atoms with van der Waals surface area (Å²) >= 11 is 0. The van der Waals surface area contributed by atoms with Gasteiger partial charge in [0.05, 0.1) is 26.4 Å². The van der Waals surface area contributed by atoms with E-state index in [-0.39, 0.29) is 24.8 Å². The number of hydrogen-bond donors (Lipinski definition) is 2. The van der Waals surface area contributed by atoms with E-state index in [0.717, 1.165) is 24.0 Å². The van der Waals surface area contributed by atoms with E-state index in [2.05, 4.69) is 5.32 Å². The summed E-state index contributed by atoms with van der Waals surface area (Å²) in [6, 6.07) is 5.07. The zero-order valence-electron chi connectivity index (χ0n) is 15.8. The third kappa shape index (κ3) is 4.76. The van der Waals surface area contributed by atoms with Crippen LogP contribution < -0.4 is 5.32 Å². The molecule has 1 aromatic carbocycles. The molecule has 2 N–H and O–H groups in total. The maximum absolute atomic E-state index is 12.8. The molecule has 152 valence electrons. The number of ether oxygens (including phenoxy) is 2. The molecule has 1 unspecified atom stereocenters. The fraction of sp³-hybridized carbons (Fsp3) is 0.550. The fourth-order valence-electron chi connectivity index (χ4n) is 3.64. The number of aryl methyl sites for hydroxylation is 1. The van der Waals surface area contributed by atoms with Gasteiger partial charge in [0.1, 0.15) is 6.04 Å². The van der Waals surface area contributed by atoms with Gasteiger partial charge in [-0.2, -0.15) is 0 Å². The summed E-state index contributed by atoms with van der Waals surface area (Å²) in [5, 5.41) is 10.9. The Morgan fingerprint density at radius 2 is 1.89 bits per heavy atom. The van der Waals surface area contributed by atoms with Gasteiger partial charge in [0.15, 0.2) is 0 Å². The number of hydrogen-bond acceptors (Lipinski definition) is 6. The molecule has 2 heterocycles. The average molecular weight is 390 g/mol. The zero-order valence-corrected chi connectivity index (χ0v) is 15.8. The number of rotatable bonds is 10. The van der Waals surface area contributed by atoms with E-state index < -0.39 is 11.9 Å². The van der Waals surface area contributed by atoms with Gasteiger partial charge in [-0.25, -0.2) is 0 Å². The molecule has 1 aromatic rings. The van der Waals surface area contributed by atoms with Crippen molar-refractivity contribution in [3.05, 3.63) is 34.9 Å². The SMILES string of the molecule is O=C1CCC(N2Cc3c(CCCOCCOCCO)cccc3C2=O)C(=O)N1. The summed E-state index contributed by atoms with van der Waals surface area (Å²) in [6.07, 6.45) is 2.20. The van der Waals surface area contributed by atoms with Gasteiger partial charge in [-0.15, -0.1) is 0 Å². The summed E-state index contributed by atoms with van der Waals surface area (Å²) in [6.45, 7) is 2.24. The number of benzene rings is 1. The molecule has 8 heteroatoms. The lowest BCUT2D eigenvalue weighted by atomic mass is 10.00. The minimum Gasteiger partial charge on any atom is -0.394 e. The van der Waals surface area contributed by atoms with Crippen LogP contribution in [0.2, 0.25) is 0 Å². The molecule has 1 saturated heterocycles. The van der Waals surface area contributed by atoms with Crippen LogP contribution in [0.25, 0.3) is 0 Å². The van der Waals surface area contributed by atoms with Crippen LogP contribution in [0.1, 0.15) is 40.7 Å². The van der Waals surface area contributed by atoms with Gasteiger partial charge in [-0.1, -0.05) is 12.1 Å². The lowest BCUT2D eigenvalue weighted by Crippen LogP contribution is -2.52. The van der Waals surface area contributed by atoms with E-state index in [0.29, 0.717) is 45.0 Å². The number of aliphatic hydroxyl groups is 1. The van der Waals surface area contributed by atoms with Crippen LogP contribution in [0.3, 0.4) is 0 Å². The summed E-state index contributed by atoms with van der Waals surface area (Å²) in [5.41, 5.74) is 2.68. The van der Waals surface area contributed by atoms with Gasteiger partial charge >= 0.3 is 0 Å². The number of nitrogens with one attached hydrogen (secondary N) is 1. The Bertz CT molecular complexity index is 735. The predicted octanol–water partition coefficient (Wildman–Crippen LogP) is 0.406. The molecule has 1 atom stereocenters. The van der Waals surface area contributed by atoms with Crippen LogP contribution in [-0.4, -0.2) is 66.8 Å². The Balaban J connectivity index is 1.54. The number of carbonyl (C=O) groups excluding carboxylic acids is 3. The van der Waals surface area contributed by atoms with E-state index in [1.54, 1.807) is 11.0 Å². The quantitative estimate of drug-likeness (QED) is 0.443. The number of fused-ring (bicyclic) bond motifs is 1. The Morgan fingerprint density at radius 1 is 1.11 bits per heavy atom. The predicted molar refractivity (Wildman–Crippen MR) is 99.5 cm³/mol. The summed E-state index contributed by atoms with van der Waals surface area (Å²) in [5.74, 6) is -0.827. The van der Waals surface area contributed by atoms with Crippen molar-refractivity contribution < 1.29 is 29.0 Å². The van der Waals surface area contributed by atoms with E-state index in [9.17, 15) is 14.4 Å². The van der Waals surface area contributed by atoms with Gasteiger partial charge in [0.2, 0.25) is 11.8 Å². The standard InChI is InChI=1S/C20H26N2O6/c23-8-10-28-12-11-27-9-2-4-14-3-1-5-15-16(14)13-22(20(15)26)17-6-7-18(24)21-19(17)25/h1,3,5,17,23H,2,4,6-13H2,(H,21,24,25). The van der Waals surface area contributed by atoms with Gasteiger partial charge in [0.25, 0.3) is 5.91 Å². The number of carbonyl (C=O) groups is 3. The van der Waals surface area contributed by atoms with Gasteiger partial charge in [-0.3, -0.25) is 19.7 Å². The van der Waals surface area contributed by atoms with Crippen molar-refractivity contribution in [1.29, 1.82) is 0 Å². The first-order valence-corrected chi connectivity index (χ1v) is 9.63. The summed E-state index contributed by atoms with van der Waals surface area (Å²) in [7, 11) is 0. The molecular weight excluding hydrogens is 364 g/mol. The topological polar surface area (TPSA) is 105 Å². The number of amides is 3. The highest BCUT2D eigenvalue weighted by atomic mass is 16.5. The number of imide groups is 1. The summed E-state index contributed by atoms with van der Waals surface area (Å²) in [4.78, 5) is 37.9. The molecule has 2 aliphatic rings. The molecule has 3 amide bonds. The Hall–Kier alpha value is -2.29. The van der Waals surface area contributed by atoms with Crippen molar-refractivity contribution in [3.8, 4) is 0 Å². The number of aliphatic hydroxyl groups excluding tert-OH is 1. The third-order valence-electron chi connectivity index (χ3n) is 5.02. The van der Waals surface area contributed by atoms with Crippen LogP contribution in [0.15, 0.2) is 18.2 Å². The average Bonchev–Trinajstić information content (AvgIpc) is 3.01. The number of nitrogens with zero attached hydrogens (tertiary/aromatic N) is 1. The first-order valence-electron chi connectivity index (χ1n) is 9.63. The lowest BCUT2D eigenvalue weighted by molar-refractivity contribution is -0.136. The van der Waals surface area contributed by atoms with Crippen LogP contribution in [0.5, 0.6) is 0 Å². The van der Waals surface area contributed by atoms with Crippen molar-refractivity contribution >= 4 is 17.7 Å². The maximum Gasteiger partial charge on any atom is 0.255 e. The first kappa shape index (κ1) is 20.4. The van der Waals surface area contributed by atoms with Crippen LogP contribution >= 0.6 is 0 Å². The Kier molecular flexibility index (Phi) is 7.13. The second-order valence-corrected chi connectivity index (χ2v) is 6.90. The largest absolute Gasteiger partial charge is 0.394 e. The minimum absolute atomic E-state index is 0.00762. The van der Waals surface area contributed by atoms with E-state index in [1.165, 1.54) is 0 Å². The minimum atomic E-state index is -0.590. The van der Waals surface area contributed by atoms with Gasteiger partial charge in [0, 0.05) is 25.1 Å². The molecule has 0 aromatic heterocycles. The fourth-order valence-corrected chi connectivity index (χ4v) is 3.64. The normalized spacial score (nSPS) is 19.1. The van der Waals surface area contributed by atoms with Gasteiger partial charge in [-0.05, 0) is 36.5 Å². The van der Waals surface area contributed by atoms with E-state index in [1.807, 2.05) is 12.1 Å². The Labute approximate surface area is 163 Å². The molecule has 0 radical (unpaired) electrons. The lowest BCUT2D eigenvalue weighted by Gasteiger charge is -2.29. The molecule has 0 aliphatic carbocycles. The van der Waals surface area contributed by atoms with Crippen LogP contribution in [0, 0.1) is 0 Å². The van der Waals surface area contributed by atoms with E-state index >= 15 is 0 Å². The second-order valence-electron chi connectivity index (χ2n) is 6.90. The smallest absolute Gasteiger partial charge is 0.255 e. The van der Waals surface area contributed by atoms with Gasteiger partial charge < -0.3 is 19.5 Å². The molecule has 0 saturated carbocycles. The van der Waals surface area contributed by atoms with Crippen molar-refractivity contribution in [3.63, 3.8) is 0 Å². The molecule has 0 bridgehead atoms. The summed E-state index contributed by atoms with van der Waals surface area (Å²) < 4.78 is 10.6. The second kappa shape index (κ2) is 9.77. The zero-order chi connectivity index (χ0) is 19.9. The van der Waals surface area contributed by atoms with Crippen LogP contribution in [-0.2, 0) is 32.0 Å². The molecule has 1 fully saturated rings. The highest BCUT2D eigenvalue weighted by Gasteiger charge is 2.39. The Morgan fingerprint density at radius 3 is 2.64 bits per heavy atom. The first-order chi connectivity index (χ1) is 13.6. The maximum atomic E-state index is 12.8. The highest BCUT2D eigenvalue weighted by molar-refractivity contribution is 6.05. The monoisotopic (exact) mass is 390 g/mol. The van der Waals surface area contributed by atoms with Crippen LogP contribution in [0.4, 0.5) is 0 Å². The van der Waals surface area contributed by atoms with Crippen molar-refractivity contribution in [1.82, 2.24) is 10.2 Å². The van der Waals surface area contributed by atoms with Crippen molar-refractivity contribution in [2.45, 2.75) is 38.3 Å². The number of piperidine rings is 1. The molecule has 0 spiro atoms. The third-order valence-corrected chi connectivity index (χ3v) is 5.02.